The van der Waals surface area contributed by atoms with Gasteiger partial charge in [-0.3, -0.25) is 9.36 Å². The number of ether oxygens (including phenoxy) is 2. The van der Waals surface area contributed by atoms with Gasteiger partial charge in [0.1, 0.15) is 11.2 Å². The maximum absolute atomic E-state index is 13.1. The third kappa shape index (κ3) is 3.74. The van der Waals surface area contributed by atoms with Crippen molar-refractivity contribution < 1.29 is 22.7 Å². The molecule has 0 radical (unpaired) electrons. The molecule has 9 nitrogen and oxygen atoms in total. The van der Waals surface area contributed by atoms with Crippen LogP contribution >= 0.6 is 0 Å². The number of imidazole rings is 1. The van der Waals surface area contributed by atoms with Crippen molar-refractivity contribution in [2.45, 2.75) is 11.4 Å². The van der Waals surface area contributed by atoms with Crippen LogP contribution < -0.4 is 5.32 Å². The van der Waals surface area contributed by atoms with Crippen LogP contribution in [0, 0.1) is 0 Å². The third-order valence-corrected chi connectivity index (χ3v) is 6.18. The number of carbonyl (C=O) groups excluding carboxylic acids is 1. The first kappa shape index (κ1) is 19.5. The van der Waals surface area contributed by atoms with Crippen molar-refractivity contribution in [3.05, 3.63) is 42.0 Å². The monoisotopic (exact) mass is 394 g/mol. The lowest BCUT2D eigenvalue weighted by Gasteiger charge is -2.19. The summed E-state index contributed by atoms with van der Waals surface area (Å²) in [5.41, 5.74) is 1.17. The molecule has 0 saturated carbocycles. The summed E-state index contributed by atoms with van der Waals surface area (Å²) in [6.45, 7) is 1.14. The average molecular weight is 394 g/mol. The molecular formula is C17H22N4O5S. The largest absolute Gasteiger partial charge is 0.383 e. The minimum absolute atomic E-state index is 0.0212. The Bertz CT molecular complexity index is 925. The number of methoxy groups -OCH3 is 2. The van der Waals surface area contributed by atoms with E-state index < -0.39 is 10.0 Å². The van der Waals surface area contributed by atoms with Gasteiger partial charge in [0.25, 0.3) is 5.91 Å². The highest BCUT2D eigenvalue weighted by molar-refractivity contribution is 7.89. The summed E-state index contributed by atoms with van der Waals surface area (Å²) < 4.78 is 39.2. The SMILES string of the molecule is COCCNC(=O)c1ncn2c1CN(CCOC)S(=O)(=O)c1ccccc1-2. The van der Waals surface area contributed by atoms with Gasteiger partial charge in [-0.1, -0.05) is 12.1 Å². The van der Waals surface area contributed by atoms with Crippen molar-refractivity contribution in [1.29, 1.82) is 0 Å². The van der Waals surface area contributed by atoms with E-state index in [0.717, 1.165) is 0 Å². The van der Waals surface area contributed by atoms with Gasteiger partial charge in [0, 0.05) is 27.3 Å². The number of carbonyl (C=O) groups is 1. The maximum atomic E-state index is 13.1. The number of rotatable bonds is 7. The topological polar surface area (TPSA) is 103 Å². The van der Waals surface area contributed by atoms with Gasteiger partial charge in [0.05, 0.1) is 31.1 Å². The Hall–Kier alpha value is -2.27. The highest BCUT2D eigenvalue weighted by Gasteiger charge is 2.34. The fraction of sp³-hybridized carbons (Fsp3) is 0.412. The Kier molecular flexibility index (Phi) is 5.90. The Morgan fingerprint density at radius 1 is 1.22 bits per heavy atom. The lowest BCUT2D eigenvalue weighted by molar-refractivity contribution is 0.0930. The van der Waals surface area contributed by atoms with E-state index in [4.69, 9.17) is 9.47 Å². The number of fused-ring (bicyclic) bond motifs is 3. The molecule has 0 aliphatic carbocycles. The summed E-state index contributed by atoms with van der Waals surface area (Å²) in [6, 6.07) is 6.68. The molecule has 1 N–H and O–H groups in total. The molecular weight excluding hydrogens is 372 g/mol. The zero-order valence-corrected chi connectivity index (χ0v) is 16.0. The quantitative estimate of drug-likeness (QED) is 0.682. The fourth-order valence-electron chi connectivity index (χ4n) is 2.93. The van der Waals surface area contributed by atoms with Gasteiger partial charge in [-0.15, -0.1) is 0 Å². The molecule has 0 saturated heterocycles. The Balaban J connectivity index is 2.06. The molecule has 1 aliphatic rings. The minimum atomic E-state index is -3.74. The Morgan fingerprint density at radius 3 is 2.70 bits per heavy atom. The van der Waals surface area contributed by atoms with Gasteiger partial charge in [-0.25, -0.2) is 13.4 Å². The van der Waals surface area contributed by atoms with Crippen LogP contribution in [0.5, 0.6) is 0 Å². The standard InChI is InChI=1S/C17H22N4O5S/c1-25-9-7-18-17(22)16-14-11-20(8-10-26-2)27(23,24)15-6-4-3-5-13(15)21(14)12-19-16/h3-6,12H,7-11H2,1-2H3,(H,18,22). The van der Waals surface area contributed by atoms with Crippen molar-refractivity contribution in [1.82, 2.24) is 19.2 Å². The number of para-hydroxylation sites is 1. The van der Waals surface area contributed by atoms with Crippen LogP contribution in [0.1, 0.15) is 16.2 Å². The molecule has 1 aromatic carbocycles. The number of aromatic nitrogens is 2. The highest BCUT2D eigenvalue weighted by Crippen LogP contribution is 2.31. The van der Waals surface area contributed by atoms with Crippen molar-refractivity contribution in [2.24, 2.45) is 0 Å². The highest BCUT2D eigenvalue weighted by atomic mass is 32.2. The maximum Gasteiger partial charge on any atom is 0.271 e. The van der Waals surface area contributed by atoms with Gasteiger partial charge >= 0.3 is 0 Å². The van der Waals surface area contributed by atoms with Crippen LogP contribution in [-0.2, 0) is 26.0 Å². The molecule has 0 bridgehead atoms. The number of nitrogens with zero attached hydrogens (tertiary/aromatic N) is 3. The Labute approximate surface area is 158 Å². The molecule has 10 heteroatoms. The molecule has 0 spiro atoms. The first-order chi connectivity index (χ1) is 13.0. The van der Waals surface area contributed by atoms with E-state index in [0.29, 0.717) is 24.5 Å². The molecule has 146 valence electrons. The minimum Gasteiger partial charge on any atom is -0.383 e. The van der Waals surface area contributed by atoms with E-state index in [1.165, 1.54) is 17.7 Å². The second-order valence-electron chi connectivity index (χ2n) is 5.96. The number of benzene rings is 1. The smallest absolute Gasteiger partial charge is 0.271 e. The van der Waals surface area contributed by atoms with Crippen molar-refractivity contribution in [2.75, 3.05) is 40.5 Å². The molecule has 0 atom stereocenters. The van der Waals surface area contributed by atoms with Crippen LogP contribution in [0.2, 0.25) is 0 Å². The van der Waals surface area contributed by atoms with Crippen LogP contribution in [0.4, 0.5) is 0 Å². The third-order valence-electron chi connectivity index (χ3n) is 4.29. The van der Waals surface area contributed by atoms with E-state index in [1.54, 1.807) is 35.9 Å². The summed E-state index contributed by atoms with van der Waals surface area (Å²) in [4.78, 5) is 16.9. The number of nitrogens with one attached hydrogen (secondary N) is 1. The van der Waals surface area contributed by atoms with Crippen LogP contribution in [0.15, 0.2) is 35.5 Å². The number of hydrogen-bond donors (Lipinski definition) is 1. The zero-order valence-electron chi connectivity index (χ0n) is 15.2. The summed E-state index contributed by atoms with van der Waals surface area (Å²) in [6.07, 6.45) is 1.48. The van der Waals surface area contributed by atoms with Crippen molar-refractivity contribution in [3.63, 3.8) is 0 Å². The number of amides is 1. The van der Waals surface area contributed by atoms with Crippen LogP contribution in [0.3, 0.4) is 0 Å². The van der Waals surface area contributed by atoms with Gasteiger partial charge in [0.15, 0.2) is 5.69 Å². The first-order valence-electron chi connectivity index (χ1n) is 8.42. The van der Waals surface area contributed by atoms with E-state index in [1.807, 2.05) is 0 Å². The number of hydrogen-bond acceptors (Lipinski definition) is 6. The number of sulfonamides is 1. The molecule has 1 aliphatic heterocycles. The van der Waals surface area contributed by atoms with E-state index in [9.17, 15) is 13.2 Å². The predicted octanol–water partition coefficient (Wildman–Crippen LogP) is 0.399. The fourth-order valence-corrected chi connectivity index (χ4v) is 4.50. The predicted molar refractivity (Wildman–Crippen MR) is 97.2 cm³/mol. The zero-order chi connectivity index (χ0) is 19.4. The van der Waals surface area contributed by atoms with Crippen LogP contribution in [0.25, 0.3) is 5.69 Å². The lowest BCUT2D eigenvalue weighted by Crippen LogP contribution is -2.34. The average Bonchev–Trinajstić information content (AvgIpc) is 3.05. The van der Waals surface area contributed by atoms with E-state index >= 15 is 0 Å². The van der Waals surface area contributed by atoms with E-state index in [2.05, 4.69) is 10.3 Å². The molecule has 0 fully saturated rings. The van der Waals surface area contributed by atoms with Gasteiger partial charge in [0.2, 0.25) is 10.0 Å². The van der Waals surface area contributed by atoms with Gasteiger partial charge in [-0.05, 0) is 12.1 Å². The molecule has 2 aromatic rings. The molecule has 0 unspecified atom stereocenters. The first-order valence-corrected chi connectivity index (χ1v) is 9.86. The summed E-state index contributed by atoms with van der Waals surface area (Å²) >= 11 is 0. The van der Waals surface area contributed by atoms with Crippen molar-refractivity contribution in [3.8, 4) is 5.69 Å². The summed E-state index contributed by atoms with van der Waals surface area (Å²) in [7, 11) is -0.682. The van der Waals surface area contributed by atoms with Gasteiger partial charge < -0.3 is 14.8 Å². The Morgan fingerprint density at radius 2 is 1.96 bits per heavy atom. The van der Waals surface area contributed by atoms with Crippen LogP contribution in [-0.4, -0.2) is 68.7 Å². The second kappa shape index (κ2) is 8.17. The van der Waals surface area contributed by atoms with Gasteiger partial charge in [-0.2, -0.15) is 4.31 Å². The normalized spacial score (nSPS) is 15.6. The molecule has 27 heavy (non-hydrogen) atoms. The molecule has 2 heterocycles. The lowest BCUT2D eigenvalue weighted by atomic mass is 10.2. The summed E-state index contributed by atoms with van der Waals surface area (Å²) in [5.74, 6) is -0.371. The van der Waals surface area contributed by atoms with Crippen molar-refractivity contribution >= 4 is 15.9 Å². The second-order valence-corrected chi connectivity index (χ2v) is 7.86. The molecule has 1 aromatic heterocycles. The molecule has 3 rings (SSSR count). The molecule has 1 amide bonds. The van der Waals surface area contributed by atoms with E-state index in [-0.39, 0.29) is 36.2 Å². The summed E-state index contributed by atoms with van der Waals surface area (Å²) in [5, 5.41) is 2.73.